The molecule has 2 heterocycles. The zero-order valence-electron chi connectivity index (χ0n) is 20.2. The lowest BCUT2D eigenvalue weighted by atomic mass is 10.0. The molecule has 0 N–H and O–H groups in total. The van der Waals surface area contributed by atoms with E-state index in [1.54, 1.807) is 13.2 Å². The number of hydrogen-bond acceptors (Lipinski definition) is 5. The van der Waals surface area contributed by atoms with E-state index in [0.29, 0.717) is 34.3 Å². The van der Waals surface area contributed by atoms with Crippen LogP contribution in [0.2, 0.25) is 0 Å². The Bertz CT molecular complexity index is 1410. The monoisotopic (exact) mass is 534 g/mol. The first-order valence-electron chi connectivity index (χ1n) is 11.3. The summed E-state index contributed by atoms with van der Waals surface area (Å²) in [5.41, 5.74) is 4.91. The lowest BCUT2D eigenvalue weighted by Gasteiger charge is -2.17. The number of pyridine rings is 1. The number of halogens is 1. The van der Waals surface area contributed by atoms with Gasteiger partial charge in [0.05, 0.1) is 29.4 Å². The summed E-state index contributed by atoms with van der Waals surface area (Å²) >= 11 is 3.48. The molecule has 0 saturated heterocycles. The van der Waals surface area contributed by atoms with E-state index in [-0.39, 0.29) is 18.4 Å². The molecule has 0 fully saturated rings. The molecule has 0 aliphatic rings. The van der Waals surface area contributed by atoms with Crippen molar-refractivity contribution in [1.29, 1.82) is 0 Å². The number of fused-ring (bicyclic) bond motifs is 1. The Morgan fingerprint density at radius 1 is 1.03 bits per heavy atom. The van der Waals surface area contributed by atoms with Gasteiger partial charge in [0, 0.05) is 39.5 Å². The topological polar surface area (TPSA) is 70.4 Å². The number of methoxy groups -OCH3 is 1. The smallest absolute Gasteiger partial charge is 0.339 e. The number of rotatable bonds is 8. The van der Waals surface area contributed by atoms with Crippen molar-refractivity contribution < 1.29 is 19.1 Å². The van der Waals surface area contributed by atoms with Crippen LogP contribution >= 0.6 is 15.9 Å². The SMILES string of the molecule is COC[C@H](C)n1c(C)cc(C(=O)COC(=O)c2cc(-c3cccc(Br)c3)nc3ccccc23)c1C. The second kappa shape index (κ2) is 10.5. The van der Waals surface area contributed by atoms with Crippen molar-refractivity contribution in [2.24, 2.45) is 0 Å². The van der Waals surface area contributed by atoms with Crippen molar-refractivity contribution in [2.75, 3.05) is 20.3 Å². The molecule has 1 atom stereocenters. The first kappa shape index (κ1) is 24.8. The van der Waals surface area contributed by atoms with Gasteiger partial charge in [0.25, 0.3) is 0 Å². The van der Waals surface area contributed by atoms with Gasteiger partial charge in [0.2, 0.25) is 5.78 Å². The normalized spacial score (nSPS) is 12.0. The molecule has 2 aromatic carbocycles. The number of ether oxygens (including phenoxy) is 2. The highest BCUT2D eigenvalue weighted by Crippen LogP contribution is 2.27. The molecule has 2 aromatic heterocycles. The molecule has 6 nitrogen and oxygen atoms in total. The lowest BCUT2D eigenvalue weighted by Crippen LogP contribution is -2.17. The van der Waals surface area contributed by atoms with E-state index in [0.717, 1.165) is 21.4 Å². The molecule has 0 aliphatic heterocycles. The summed E-state index contributed by atoms with van der Waals surface area (Å²) in [6.45, 7) is 6.08. The van der Waals surface area contributed by atoms with Crippen molar-refractivity contribution >= 4 is 38.6 Å². The number of carbonyl (C=O) groups excluding carboxylic acids is 2. The van der Waals surface area contributed by atoms with E-state index < -0.39 is 5.97 Å². The van der Waals surface area contributed by atoms with Crippen LogP contribution in [0.25, 0.3) is 22.2 Å². The standard InChI is InChI=1S/C28H27BrN2O4/c1-17-12-23(19(3)31(17)18(2)15-34-4)27(32)16-35-28(33)24-14-26(20-8-7-9-21(29)13-20)30-25-11-6-5-10-22(24)25/h5-14,18H,15-16H2,1-4H3/t18-/m0/s1. The van der Waals surface area contributed by atoms with Crippen molar-refractivity contribution in [2.45, 2.75) is 26.8 Å². The van der Waals surface area contributed by atoms with Crippen molar-refractivity contribution in [3.8, 4) is 11.3 Å². The van der Waals surface area contributed by atoms with Gasteiger partial charge in [-0.15, -0.1) is 0 Å². The van der Waals surface area contributed by atoms with E-state index in [2.05, 4.69) is 20.5 Å². The lowest BCUT2D eigenvalue weighted by molar-refractivity contribution is 0.0476. The molecule has 0 saturated carbocycles. The first-order valence-corrected chi connectivity index (χ1v) is 12.1. The average Bonchev–Trinajstić information content (AvgIpc) is 3.15. The van der Waals surface area contributed by atoms with Crippen LogP contribution in [0.1, 0.15) is 45.1 Å². The van der Waals surface area contributed by atoms with Crippen molar-refractivity contribution in [1.82, 2.24) is 9.55 Å². The van der Waals surface area contributed by atoms with Crippen LogP contribution in [-0.4, -0.2) is 41.6 Å². The molecule has 7 heteroatoms. The Kier molecular flexibility index (Phi) is 7.48. The van der Waals surface area contributed by atoms with Crippen LogP contribution in [-0.2, 0) is 9.47 Å². The minimum atomic E-state index is -0.560. The number of carbonyl (C=O) groups is 2. The highest BCUT2D eigenvalue weighted by molar-refractivity contribution is 9.10. The maximum Gasteiger partial charge on any atom is 0.339 e. The van der Waals surface area contributed by atoms with Gasteiger partial charge in [-0.3, -0.25) is 4.79 Å². The van der Waals surface area contributed by atoms with Gasteiger partial charge < -0.3 is 14.0 Å². The van der Waals surface area contributed by atoms with E-state index in [4.69, 9.17) is 14.5 Å². The number of nitrogens with zero attached hydrogens (tertiary/aromatic N) is 2. The van der Waals surface area contributed by atoms with Gasteiger partial charge in [-0.25, -0.2) is 9.78 Å². The van der Waals surface area contributed by atoms with E-state index >= 15 is 0 Å². The molecular formula is C28H27BrN2O4. The average molecular weight is 535 g/mol. The summed E-state index contributed by atoms with van der Waals surface area (Å²) in [7, 11) is 1.65. The van der Waals surface area contributed by atoms with Crippen LogP contribution in [0.3, 0.4) is 0 Å². The zero-order chi connectivity index (χ0) is 25.1. The second-order valence-corrected chi connectivity index (χ2v) is 9.46. The molecule has 35 heavy (non-hydrogen) atoms. The number of ketones is 1. The van der Waals surface area contributed by atoms with Gasteiger partial charge in [0.1, 0.15) is 0 Å². The number of Topliss-reactive ketones (excluding diaryl/α,β-unsaturated/α-hetero) is 1. The highest BCUT2D eigenvalue weighted by atomic mass is 79.9. The van der Waals surface area contributed by atoms with E-state index in [1.807, 2.05) is 75.4 Å². The molecule has 0 amide bonds. The third kappa shape index (κ3) is 5.21. The number of para-hydroxylation sites is 1. The fraction of sp³-hybridized carbons (Fsp3) is 0.250. The van der Waals surface area contributed by atoms with Gasteiger partial charge in [-0.05, 0) is 51.1 Å². The predicted octanol–water partition coefficient (Wildman–Crippen LogP) is 6.33. The quantitative estimate of drug-likeness (QED) is 0.195. The summed E-state index contributed by atoms with van der Waals surface area (Å²) in [5, 5.41) is 0.676. The Morgan fingerprint density at radius 2 is 1.80 bits per heavy atom. The minimum Gasteiger partial charge on any atom is -0.454 e. The predicted molar refractivity (Wildman–Crippen MR) is 140 cm³/mol. The Balaban J connectivity index is 1.60. The first-order chi connectivity index (χ1) is 16.8. The highest BCUT2D eigenvalue weighted by Gasteiger charge is 2.21. The van der Waals surface area contributed by atoms with Gasteiger partial charge in [-0.1, -0.05) is 46.3 Å². The third-order valence-corrected chi connectivity index (χ3v) is 6.52. The maximum atomic E-state index is 13.2. The largest absolute Gasteiger partial charge is 0.454 e. The molecular weight excluding hydrogens is 508 g/mol. The Morgan fingerprint density at radius 3 is 2.54 bits per heavy atom. The molecule has 0 spiro atoms. The zero-order valence-corrected chi connectivity index (χ0v) is 21.8. The number of aryl methyl sites for hydroxylation is 1. The molecule has 4 aromatic rings. The summed E-state index contributed by atoms with van der Waals surface area (Å²) in [6, 6.07) is 18.8. The van der Waals surface area contributed by atoms with Crippen LogP contribution in [0.4, 0.5) is 0 Å². The summed E-state index contributed by atoms with van der Waals surface area (Å²) in [6.07, 6.45) is 0. The van der Waals surface area contributed by atoms with Crippen LogP contribution in [0, 0.1) is 13.8 Å². The van der Waals surface area contributed by atoms with E-state index in [1.165, 1.54) is 0 Å². The summed E-state index contributed by atoms with van der Waals surface area (Å²) < 4.78 is 13.8. The Hall–Kier alpha value is -3.29. The second-order valence-electron chi connectivity index (χ2n) is 8.54. The maximum absolute atomic E-state index is 13.2. The number of esters is 1. The Labute approximate surface area is 213 Å². The van der Waals surface area contributed by atoms with Gasteiger partial charge >= 0.3 is 5.97 Å². The van der Waals surface area contributed by atoms with Crippen LogP contribution in [0.5, 0.6) is 0 Å². The van der Waals surface area contributed by atoms with Gasteiger partial charge in [-0.2, -0.15) is 0 Å². The fourth-order valence-corrected chi connectivity index (χ4v) is 4.88. The number of hydrogen-bond donors (Lipinski definition) is 0. The minimum absolute atomic E-state index is 0.0868. The molecule has 0 aliphatic carbocycles. The molecule has 180 valence electrons. The third-order valence-electron chi connectivity index (χ3n) is 6.02. The summed E-state index contributed by atoms with van der Waals surface area (Å²) in [4.78, 5) is 30.9. The van der Waals surface area contributed by atoms with Crippen LogP contribution < -0.4 is 0 Å². The molecule has 0 radical (unpaired) electrons. The number of benzene rings is 2. The fourth-order valence-electron chi connectivity index (χ4n) is 4.48. The molecule has 4 rings (SSSR count). The van der Waals surface area contributed by atoms with E-state index in [9.17, 15) is 9.59 Å². The number of aromatic nitrogens is 2. The molecule has 0 bridgehead atoms. The van der Waals surface area contributed by atoms with Crippen molar-refractivity contribution in [3.63, 3.8) is 0 Å². The van der Waals surface area contributed by atoms with Crippen molar-refractivity contribution in [3.05, 3.63) is 87.7 Å². The summed E-state index contributed by atoms with van der Waals surface area (Å²) in [5.74, 6) is -0.803. The molecule has 0 unspecified atom stereocenters. The van der Waals surface area contributed by atoms with Gasteiger partial charge in [0.15, 0.2) is 6.61 Å². The van der Waals surface area contributed by atoms with Crippen LogP contribution in [0.15, 0.2) is 65.1 Å².